The fraction of sp³-hybridized carbons (Fsp3) is 0.700. The maximum absolute atomic E-state index is 11.2. The summed E-state index contributed by atoms with van der Waals surface area (Å²) in [4.78, 5) is 11.2. The number of carboxylic acid groups (broad SMARTS) is 1. The van der Waals surface area contributed by atoms with Crippen LogP contribution < -0.4 is 0 Å². The van der Waals surface area contributed by atoms with Crippen LogP contribution in [0.15, 0.2) is 4.63 Å². The summed E-state index contributed by atoms with van der Waals surface area (Å²) in [5.74, 6) is -0.782. The SMILES string of the molecule is CCC(CC)(Cc1nonc1C)C(=O)O. The summed E-state index contributed by atoms with van der Waals surface area (Å²) in [6.07, 6.45) is 1.53. The van der Waals surface area contributed by atoms with Crippen LogP contribution in [0.4, 0.5) is 0 Å². The van der Waals surface area contributed by atoms with Gasteiger partial charge < -0.3 is 5.11 Å². The van der Waals surface area contributed by atoms with E-state index in [9.17, 15) is 9.90 Å². The fourth-order valence-corrected chi connectivity index (χ4v) is 1.61. The lowest BCUT2D eigenvalue weighted by Gasteiger charge is -2.25. The Morgan fingerprint density at radius 2 is 2.00 bits per heavy atom. The van der Waals surface area contributed by atoms with E-state index in [1.165, 1.54) is 0 Å². The third-order valence-corrected chi connectivity index (χ3v) is 3.06. The number of hydrogen-bond donors (Lipinski definition) is 1. The van der Waals surface area contributed by atoms with Crippen LogP contribution in [0.1, 0.15) is 38.1 Å². The van der Waals surface area contributed by atoms with Gasteiger partial charge in [0.05, 0.1) is 5.41 Å². The highest BCUT2D eigenvalue weighted by Gasteiger charge is 2.36. The zero-order valence-electron chi connectivity index (χ0n) is 9.28. The molecular weight excluding hydrogens is 196 g/mol. The second kappa shape index (κ2) is 4.42. The van der Waals surface area contributed by atoms with Crippen LogP contribution in [0.3, 0.4) is 0 Å². The topological polar surface area (TPSA) is 76.2 Å². The smallest absolute Gasteiger partial charge is 0.310 e. The minimum atomic E-state index is -0.782. The van der Waals surface area contributed by atoms with Crippen LogP contribution in [0.25, 0.3) is 0 Å². The van der Waals surface area contributed by atoms with Crippen LogP contribution in [-0.2, 0) is 11.2 Å². The van der Waals surface area contributed by atoms with Gasteiger partial charge in [-0.05, 0) is 19.8 Å². The lowest BCUT2D eigenvalue weighted by molar-refractivity contribution is -0.149. The number of aliphatic carboxylic acids is 1. The Morgan fingerprint density at radius 3 is 2.33 bits per heavy atom. The van der Waals surface area contributed by atoms with E-state index in [4.69, 9.17) is 0 Å². The van der Waals surface area contributed by atoms with Crippen molar-refractivity contribution in [1.82, 2.24) is 10.3 Å². The predicted octanol–water partition coefficient (Wildman–Crippen LogP) is 1.81. The first-order valence-electron chi connectivity index (χ1n) is 5.07. The van der Waals surface area contributed by atoms with Gasteiger partial charge in [0.15, 0.2) is 0 Å². The molecule has 0 aromatic carbocycles. The van der Waals surface area contributed by atoms with Gasteiger partial charge in [0.2, 0.25) is 0 Å². The number of hydrogen-bond acceptors (Lipinski definition) is 4. The van der Waals surface area contributed by atoms with Crippen molar-refractivity contribution in [3.63, 3.8) is 0 Å². The van der Waals surface area contributed by atoms with Gasteiger partial charge in [-0.1, -0.05) is 24.2 Å². The third-order valence-electron chi connectivity index (χ3n) is 3.06. The van der Waals surface area contributed by atoms with E-state index in [1.807, 2.05) is 13.8 Å². The Balaban J connectivity index is 2.93. The van der Waals surface area contributed by atoms with Crippen molar-refractivity contribution in [3.05, 3.63) is 11.4 Å². The third kappa shape index (κ3) is 2.16. The summed E-state index contributed by atoms with van der Waals surface area (Å²) in [5.41, 5.74) is 0.562. The average Bonchev–Trinajstić information content (AvgIpc) is 2.60. The quantitative estimate of drug-likeness (QED) is 0.805. The number of rotatable bonds is 5. The highest BCUT2D eigenvalue weighted by molar-refractivity contribution is 5.74. The van der Waals surface area contributed by atoms with E-state index in [0.717, 1.165) is 0 Å². The maximum atomic E-state index is 11.2. The molecule has 0 saturated carbocycles. The van der Waals surface area contributed by atoms with Gasteiger partial charge in [-0.25, -0.2) is 4.63 Å². The molecule has 0 amide bonds. The molecule has 0 atom stereocenters. The van der Waals surface area contributed by atoms with Gasteiger partial charge >= 0.3 is 5.97 Å². The monoisotopic (exact) mass is 212 g/mol. The summed E-state index contributed by atoms with van der Waals surface area (Å²) in [6.45, 7) is 5.52. The molecule has 0 aliphatic carbocycles. The van der Waals surface area contributed by atoms with Crippen LogP contribution in [-0.4, -0.2) is 21.4 Å². The van der Waals surface area contributed by atoms with Crippen molar-refractivity contribution in [3.8, 4) is 0 Å². The lowest BCUT2D eigenvalue weighted by atomic mass is 9.78. The minimum absolute atomic E-state index is 0.380. The van der Waals surface area contributed by atoms with Crippen molar-refractivity contribution in [2.75, 3.05) is 0 Å². The largest absolute Gasteiger partial charge is 0.481 e. The van der Waals surface area contributed by atoms with E-state index >= 15 is 0 Å². The molecule has 1 rings (SSSR count). The Kier molecular flexibility index (Phi) is 3.44. The van der Waals surface area contributed by atoms with Gasteiger partial charge in [-0.3, -0.25) is 4.79 Å². The van der Waals surface area contributed by atoms with Gasteiger partial charge in [-0.2, -0.15) is 0 Å². The van der Waals surface area contributed by atoms with Crippen LogP contribution in [0.5, 0.6) is 0 Å². The van der Waals surface area contributed by atoms with E-state index in [-0.39, 0.29) is 0 Å². The molecule has 84 valence electrons. The van der Waals surface area contributed by atoms with Gasteiger partial charge in [0.25, 0.3) is 0 Å². The lowest BCUT2D eigenvalue weighted by Crippen LogP contribution is -2.32. The molecule has 5 nitrogen and oxygen atoms in total. The van der Waals surface area contributed by atoms with Crippen molar-refractivity contribution in [1.29, 1.82) is 0 Å². The fourth-order valence-electron chi connectivity index (χ4n) is 1.61. The molecule has 0 bridgehead atoms. The van der Waals surface area contributed by atoms with Gasteiger partial charge in [0.1, 0.15) is 11.4 Å². The number of carbonyl (C=O) groups is 1. The van der Waals surface area contributed by atoms with Crippen molar-refractivity contribution < 1.29 is 14.5 Å². The first-order chi connectivity index (χ1) is 7.05. The Hall–Kier alpha value is -1.39. The summed E-state index contributed by atoms with van der Waals surface area (Å²) >= 11 is 0. The van der Waals surface area contributed by atoms with E-state index < -0.39 is 11.4 Å². The molecule has 1 aromatic heterocycles. The highest BCUT2D eigenvalue weighted by atomic mass is 16.6. The molecule has 0 saturated heterocycles. The Bertz CT molecular complexity index is 342. The standard InChI is InChI=1S/C10H16N2O3/c1-4-10(5-2,9(13)14)6-8-7(3)11-15-12-8/h4-6H2,1-3H3,(H,13,14). The molecule has 0 aliphatic rings. The second-order valence-electron chi connectivity index (χ2n) is 3.77. The Morgan fingerprint density at radius 1 is 1.40 bits per heavy atom. The molecule has 1 heterocycles. The van der Waals surface area contributed by atoms with Crippen LogP contribution in [0, 0.1) is 12.3 Å². The highest BCUT2D eigenvalue weighted by Crippen LogP contribution is 2.31. The van der Waals surface area contributed by atoms with Gasteiger partial charge in [-0.15, -0.1) is 0 Å². The molecular formula is C10H16N2O3. The summed E-state index contributed by atoms with van der Waals surface area (Å²) in [5, 5.41) is 16.6. The summed E-state index contributed by atoms with van der Waals surface area (Å²) in [7, 11) is 0. The van der Waals surface area contributed by atoms with E-state index in [1.54, 1.807) is 6.92 Å². The second-order valence-corrected chi connectivity index (χ2v) is 3.77. The summed E-state index contributed by atoms with van der Waals surface area (Å²) in [6, 6.07) is 0. The number of carboxylic acids is 1. The Labute approximate surface area is 88.4 Å². The van der Waals surface area contributed by atoms with E-state index in [2.05, 4.69) is 14.9 Å². The van der Waals surface area contributed by atoms with E-state index in [0.29, 0.717) is 30.7 Å². The number of aryl methyl sites for hydroxylation is 1. The number of nitrogens with zero attached hydrogens (tertiary/aromatic N) is 2. The number of aromatic nitrogens is 2. The molecule has 0 unspecified atom stereocenters. The molecule has 1 aromatic rings. The zero-order chi connectivity index (χ0) is 11.5. The van der Waals surface area contributed by atoms with Crippen molar-refractivity contribution in [2.45, 2.75) is 40.0 Å². The molecule has 0 spiro atoms. The first-order valence-corrected chi connectivity index (χ1v) is 5.07. The maximum Gasteiger partial charge on any atom is 0.310 e. The molecule has 15 heavy (non-hydrogen) atoms. The first kappa shape index (κ1) is 11.7. The molecule has 1 N–H and O–H groups in total. The molecule has 0 aliphatic heterocycles. The van der Waals surface area contributed by atoms with Crippen molar-refractivity contribution in [2.24, 2.45) is 5.41 Å². The molecule has 0 radical (unpaired) electrons. The zero-order valence-corrected chi connectivity index (χ0v) is 9.28. The van der Waals surface area contributed by atoms with Crippen molar-refractivity contribution >= 4 is 5.97 Å². The van der Waals surface area contributed by atoms with Crippen LogP contribution >= 0.6 is 0 Å². The molecule has 5 heteroatoms. The predicted molar refractivity (Wildman–Crippen MR) is 53.4 cm³/mol. The minimum Gasteiger partial charge on any atom is -0.481 e. The van der Waals surface area contributed by atoms with Crippen LogP contribution in [0.2, 0.25) is 0 Å². The normalized spacial score (nSPS) is 11.7. The molecule has 0 fully saturated rings. The average molecular weight is 212 g/mol. The summed E-state index contributed by atoms with van der Waals surface area (Å²) < 4.78 is 4.57. The van der Waals surface area contributed by atoms with Gasteiger partial charge in [0, 0.05) is 6.42 Å².